The van der Waals surface area contributed by atoms with Gasteiger partial charge in [-0.25, -0.2) is 4.39 Å². The van der Waals surface area contributed by atoms with Crippen molar-refractivity contribution in [2.24, 2.45) is 0 Å². The average Bonchev–Trinajstić information content (AvgIpc) is 3.22. The molecule has 0 aliphatic carbocycles. The molecule has 1 saturated heterocycles. The molecule has 3 aromatic rings. The van der Waals surface area contributed by atoms with Gasteiger partial charge in [-0.15, -0.1) is 0 Å². The maximum Gasteiger partial charge on any atom is 0.170 e. The summed E-state index contributed by atoms with van der Waals surface area (Å²) in [5, 5.41) is 3.96. The van der Waals surface area contributed by atoms with Gasteiger partial charge in [-0.3, -0.25) is 4.98 Å². The van der Waals surface area contributed by atoms with Crippen molar-refractivity contribution in [2.45, 2.75) is 12.1 Å². The molecule has 0 bridgehead atoms. The van der Waals surface area contributed by atoms with E-state index in [0.717, 1.165) is 17.0 Å². The molecule has 1 N–H and O–H groups in total. The number of thiocarbonyl (C=S) groups is 1. The fourth-order valence-corrected chi connectivity index (χ4v) is 3.34. The summed E-state index contributed by atoms with van der Waals surface area (Å²) >= 11 is 5.41. The minimum absolute atomic E-state index is 0.0917. The van der Waals surface area contributed by atoms with Gasteiger partial charge in [0.1, 0.15) is 23.4 Å². The molecule has 25 heavy (non-hydrogen) atoms. The Bertz CT molecular complexity index is 895. The second-order valence-corrected chi connectivity index (χ2v) is 6.33. The third-order valence-electron chi connectivity index (χ3n) is 4.39. The number of pyridine rings is 1. The second-order valence-electron chi connectivity index (χ2n) is 5.95. The first-order chi connectivity index (χ1) is 12.1. The lowest BCUT2D eigenvalue weighted by Gasteiger charge is -2.21. The number of benzene rings is 1. The van der Waals surface area contributed by atoms with Crippen molar-refractivity contribution in [1.29, 1.82) is 0 Å². The lowest BCUT2D eigenvalue weighted by Crippen LogP contribution is -2.24. The summed E-state index contributed by atoms with van der Waals surface area (Å²) < 4.78 is 19.2. The predicted octanol–water partition coefficient (Wildman–Crippen LogP) is 4.08. The van der Waals surface area contributed by atoms with Crippen molar-refractivity contribution < 1.29 is 8.81 Å². The van der Waals surface area contributed by atoms with E-state index in [-0.39, 0.29) is 17.9 Å². The zero-order valence-corrected chi connectivity index (χ0v) is 14.3. The summed E-state index contributed by atoms with van der Waals surface area (Å²) in [5.41, 5.74) is 1.73. The van der Waals surface area contributed by atoms with Crippen LogP contribution in [0.5, 0.6) is 0 Å². The van der Waals surface area contributed by atoms with E-state index in [1.54, 1.807) is 18.3 Å². The van der Waals surface area contributed by atoms with Gasteiger partial charge in [0, 0.05) is 18.8 Å². The zero-order valence-electron chi connectivity index (χ0n) is 13.5. The quantitative estimate of drug-likeness (QED) is 0.719. The van der Waals surface area contributed by atoms with Crippen LogP contribution in [0, 0.1) is 5.82 Å². The molecule has 126 valence electrons. The average molecular weight is 353 g/mol. The highest BCUT2D eigenvalue weighted by Crippen LogP contribution is 2.39. The Kier molecular flexibility index (Phi) is 3.97. The first kappa shape index (κ1) is 15.8. The number of rotatable bonds is 3. The lowest BCUT2D eigenvalue weighted by molar-refractivity contribution is 0.310. The van der Waals surface area contributed by atoms with E-state index in [1.165, 1.54) is 12.1 Å². The second kappa shape index (κ2) is 6.29. The number of halogens is 1. The van der Waals surface area contributed by atoms with Crippen molar-refractivity contribution in [2.75, 3.05) is 7.05 Å². The molecule has 1 aromatic carbocycles. The molecule has 0 spiro atoms. The molecule has 1 aliphatic heterocycles. The lowest BCUT2D eigenvalue weighted by atomic mass is 10.0. The smallest absolute Gasteiger partial charge is 0.170 e. The van der Waals surface area contributed by atoms with Crippen LogP contribution in [0.2, 0.25) is 0 Å². The molecule has 1 fully saturated rings. The van der Waals surface area contributed by atoms with Gasteiger partial charge in [-0.1, -0.05) is 6.07 Å². The monoisotopic (exact) mass is 353 g/mol. The Morgan fingerprint density at radius 2 is 1.92 bits per heavy atom. The van der Waals surface area contributed by atoms with Gasteiger partial charge >= 0.3 is 0 Å². The van der Waals surface area contributed by atoms with E-state index in [1.807, 2.05) is 42.3 Å². The number of hydrogen-bond donors (Lipinski definition) is 1. The summed E-state index contributed by atoms with van der Waals surface area (Å²) in [6, 6.07) is 15.7. The molecule has 0 radical (unpaired) electrons. The van der Waals surface area contributed by atoms with E-state index in [2.05, 4.69) is 10.3 Å². The molecule has 2 atom stereocenters. The van der Waals surface area contributed by atoms with Crippen LogP contribution in [-0.4, -0.2) is 22.0 Å². The Morgan fingerprint density at radius 3 is 2.64 bits per heavy atom. The maximum absolute atomic E-state index is 13.1. The van der Waals surface area contributed by atoms with Crippen molar-refractivity contribution in [3.05, 3.63) is 78.1 Å². The first-order valence-electron chi connectivity index (χ1n) is 7.93. The molecule has 4 rings (SSSR count). The summed E-state index contributed by atoms with van der Waals surface area (Å²) in [5.74, 6) is 1.21. The molecule has 1 aliphatic rings. The van der Waals surface area contributed by atoms with Crippen molar-refractivity contribution in [3.63, 3.8) is 0 Å². The maximum atomic E-state index is 13.1. The minimum atomic E-state index is -0.268. The Balaban J connectivity index is 1.69. The van der Waals surface area contributed by atoms with Crippen LogP contribution in [0.3, 0.4) is 0 Å². The fraction of sp³-hybridized carbons (Fsp3) is 0.158. The molecule has 3 heterocycles. The van der Waals surface area contributed by atoms with Crippen LogP contribution >= 0.6 is 12.2 Å². The summed E-state index contributed by atoms with van der Waals surface area (Å²) in [6.07, 6.45) is 1.77. The van der Waals surface area contributed by atoms with Gasteiger partial charge in [0.25, 0.3) is 0 Å². The van der Waals surface area contributed by atoms with E-state index >= 15 is 0 Å². The van der Waals surface area contributed by atoms with Crippen LogP contribution in [0.25, 0.3) is 11.3 Å². The largest absolute Gasteiger partial charge is 0.459 e. The molecule has 4 nitrogen and oxygen atoms in total. The van der Waals surface area contributed by atoms with Crippen molar-refractivity contribution in [3.8, 4) is 11.3 Å². The Morgan fingerprint density at radius 1 is 1.12 bits per heavy atom. The molecule has 0 amide bonds. The van der Waals surface area contributed by atoms with E-state index in [0.29, 0.717) is 10.9 Å². The van der Waals surface area contributed by atoms with Gasteiger partial charge in [-0.2, -0.15) is 0 Å². The molecule has 0 saturated carbocycles. The first-order valence-corrected chi connectivity index (χ1v) is 8.34. The van der Waals surface area contributed by atoms with Crippen LogP contribution < -0.4 is 5.32 Å². The number of aromatic nitrogens is 1. The van der Waals surface area contributed by atoms with Crippen LogP contribution in [0.4, 0.5) is 4.39 Å². The molecular formula is C19H16FN3OS. The Labute approximate surface area is 150 Å². The molecule has 6 heteroatoms. The van der Waals surface area contributed by atoms with Gasteiger partial charge in [0.05, 0.1) is 11.7 Å². The SMILES string of the molecule is CN1C(=S)N[C@@H](c2ccccn2)[C@@H]1c1ccc(-c2ccc(F)cc2)o1. The van der Waals surface area contributed by atoms with Gasteiger partial charge < -0.3 is 14.6 Å². The van der Waals surface area contributed by atoms with Gasteiger partial charge in [0.15, 0.2) is 5.11 Å². The van der Waals surface area contributed by atoms with Crippen LogP contribution in [-0.2, 0) is 0 Å². The number of nitrogens with zero attached hydrogens (tertiary/aromatic N) is 2. The van der Waals surface area contributed by atoms with E-state index in [9.17, 15) is 4.39 Å². The van der Waals surface area contributed by atoms with E-state index in [4.69, 9.17) is 16.6 Å². The van der Waals surface area contributed by atoms with Crippen LogP contribution in [0.1, 0.15) is 23.5 Å². The van der Waals surface area contributed by atoms with E-state index < -0.39 is 0 Å². The Hall–Kier alpha value is -2.73. The number of furan rings is 1. The number of hydrogen-bond acceptors (Lipinski definition) is 3. The van der Waals surface area contributed by atoms with Crippen molar-refractivity contribution >= 4 is 17.3 Å². The number of likely N-dealkylation sites (N-methyl/N-ethyl adjacent to an activating group) is 1. The van der Waals surface area contributed by atoms with Gasteiger partial charge in [-0.05, 0) is 60.7 Å². The predicted molar refractivity (Wildman–Crippen MR) is 97.3 cm³/mol. The third kappa shape index (κ3) is 2.89. The fourth-order valence-electron chi connectivity index (χ4n) is 3.10. The van der Waals surface area contributed by atoms with Crippen molar-refractivity contribution in [1.82, 2.24) is 15.2 Å². The highest BCUT2D eigenvalue weighted by molar-refractivity contribution is 7.80. The number of nitrogens with one attached hydrogen (secondary N) is 1. The normalized spacial score (nSPS) is 19.9. The molecule has 2 aromatic heterocycles. The summed E-state index contributed by atoms with van der Waals surface area (Å²) in [7, 11) is 1.93. The molecule has 0 unspecified atom stereocenters. The van der Waals surface area contributed by atoms with Crippen LogP contribution in [0.15, 0.2) is 65.2 Å². The van der Waals surface area contributed by atoms with Gasteiger partial charge in [0.2, 0.25) is 0 Å². The highest BCUT2D eigenvalue weighted by atomic mass is 32.1. The summed E-state index contributed by atoms with van der Waals surface area (Å²) in [4.78, 5) is 6.42. The molecular weight excluding hydrogens is 337 g/mol. The minimum Gasteiger partial charge on any atom is -0.459 e. The topological polar surface area (TPSA) is 41.3 Å². The standard InChI is InChI=1S/C19H16FN3OS/c1-23-18(17(22-19(23)25)14-4-2-3-11-21-14)16-10-9-15(24-16)12-5-7-13(20)8-6-12/h2-11,17-18H,1H3,(H,22,25)/t17-,18-/m0/s1. The highest BCUT2D eigenvalue weighted by Gasteiger charge is 2.39. The third-order valence-corrected chi connectivity index (χ3v) is 4.79. The summed E-state index contributed by atoms with van der Waals surface area (Å²) in [6.45, 7) is 0. The zero-order chi connectivity index (χ0) is 17.4.